The molecule has 0 bridgehead atoms. The molecule has 6 heteroatoms. The molecule has 2 heterocycles. The van der Waals surface area contributed by atoms with E-state index in [4.69, 9.17) is 9.47 Å². The zero-order valence-electron chi connectivity index (χ0n) is 13.4. The number of nitrogens with zero attached hydrogens (tertiary/aromatic N) is 2. The van der Waals surface area contributed by atoms with Crippen molar-refractivity contribution in [1.29, 1.82) is 0 Å². The van der Waals surface area contributed by atoms with Crippen molar-refractivity contribution in [1.82, 2.24) is 15.3 Å². The molecule has 0 aliphatic carbocycles. The number of hydrogen-bond acceptors (Lipinski definition) is 5. The molecule has 0 saturated carbocycles. The van der Waals surface area contributed by atoms with Gasteiger partial charge < -0.3 is 14.8 Å². The monoisotopic (exact) mass is 313 g/mol. The maximum Gasteiger partial charge on any atom is 0.255 e. The van der Waals surface area contributed by atoms with Crippen molar-refractivity contribution in [3.63, 3.8) is 0 Å². The van der Waals surface area contributed by atoms with Gasteiger partial charge in [0.05, 0.1) is 24.4 Å². The first-order chi connectivity index (χ1) is 11.1. The summed E-state index contributed by atoms with van der Waals surface area (Å²) < 4.78 is 10.9. The Kier molecular flexibility index (Phi) is 4.14. The van der Waals surface area contributed by atoms with Gasteiger partial charge in [-0.25, -0.2) is 9.97 Å². The minimum atomic E-state index is -0.173. The van der Waals surface area contributed by atoms with E-state index in [1.165, 1.54) is 0 Å². The number of methoxy groups -OCH3 is 1. The number of ether oxygens (including phenoxy) is 2. The van der Waals surface area contributed by atoms with Crippen LogP contribution in [0.2, 0.25) is 0 Å². The van der Waals surface area contributed by atoms with Crippen LogP contribution in [0.3, 0.4) is 0 Å². The molecule has 1 aromatic carbocycles. The first-order valence-corrected chi connectivity index (χ1v) is 7.47. The summed E-state index contributed by atoms with van der Waals surface area (Å²) in [5.74, 6) is 2.05. The zero-order chi connectivity index (χ0) is 16.4. The first kappa shape index (κ1) is 15.3. The van der Waals surface area contributed by atoms with Crippen LogP contribution >= 0.6 is 0 Å². The Hall–Kier alpha value is -2.63. The minimum Gasteiger partial charge on any atom is -0.497 e. The second-order valence-electron chi connectivity index (χ2n) is 5.58. The van der Waals surface area contributed by atoms with E-state index in [9.17, 15) is 4.79 Å². The minimum absolute atomic E-state index is 0.0795. The number of carbonyl (C=O) groups excluding carboxylic acids is 1. The highest BCUT2D eigenvalue weighted by Crippen LogP contribution is 2.29. The van der Waals surface area contributed by atoms with Crippen molar-refractivity contribution in [2.24, 2.45) is 0 Å². The smallest absolute Gasteiger partial charge is 0.255 e. The van der Waals surface area contributed by atoms with E-state index in [0.717, 1.165) is 23.5 Å². The van der Waals surface area contributed by atoms with Crippen LogP contribution in [0.4, 0.5) is 0 Å². The highest BCUT2D eigenvalue weighted by molar-refractivity contribution is 5.95. The number of fused-ring (bicyclic) bond motifs is 1. The number of rotatable bonds is 3. The van der Waals surface area contributed by atoms with Crippen LogP contribution < -0.4 is 14.8 Å². The summed E-state index contributed by atoms with van der Waals surface area (Å²) in [4.78, 5) is 20.7. The highest BCUT2D eigenvalue weighted by atomic mass is 16.5. The number of hydrogen-bond donors (Lipinski definition) is 1. The van der Waals surface area contributed by atoms with Crippen LogP contribution in [0, 0.1) is 13.8 Å². The van der Waals surface area contributed by atoms with E-state index in [2.05, 4.69) is 15.3 Å². The quantitative estimate of drug-likeness (QED) is 0.936. The largest absolute Gasteiger partial charge is 0.497 e. The van der Waals surface area contributed by atoms with E-state index in [1.54, 1.807) is 20.2 Å². The molecular formula is C17H19N3O3. The molecule has 6 nitrogen and oxygen atoms in total. The molecule has 0 unspecified atom stereocenters. The molecule has 1 atom stereocenters. The highest BCUT2D eigenvalue weighted by Gasteiger charge is 2.23. The number of carbonyl (C=O) groups is 1. The third kappa shape index (κ3) is 3.26. The molecule has 0 radical (unpaired) electrons. The predicted octanol–water partition coefficient (Wildman–Crippen LogP) is 1.84. The summed E-state index contributed by atoms with van der Waals surface area (Å²) in [7, 11) is 1.62. The van der Waals surface area contributed by atoms with Gasteiger partial charge in [-0.1, -0.05) is 6.07 Å². The lowest BCUT2D eigenvalue weighted by Gasteiger charge is -2.26. The third-order valence-corrected chi connectivity index (χ3v) is 3.86. The first-order valence-electron chi connectivity index (χ1n) is 7.47. The summed E-state index contributed by atoms with van der Waals surface area (Å²) in [6, 6.07) is 5.65. The van der Waals surface area contributed by atoms with Crippen molar-refractivity contribution in [2.45, 2.75) is 26.3 Å². The Balaban J connectivity index is 1.70. The predicted molar refractivity (Wildman–Crippen MR) is 85.0 cm³/mol. The molecule has 3 rings (SSSR count). The van der Waals surface area contributed by atoms with Crippen LogP contribution in [0.5, 0.6) is 11.5 Å². The van der Waals surface area contributed by atoms with Gasteiger partial charge in [0.1, 0.15) is 23.9 Å². The van der Waals surface area contributed by atoms with Gasteiger partial charge in [0.2, 0.25) is 0 Å². The molecule has 0 saturated heterocycles. The Bertz CT molecular complexity index is 746. The number of nitrogens with one attached hydrogen (secondary N) is 1. The molecule has 0 spiro atoms. The van der Waals surface area contributed by atoms with Crippen LogP contribution in [-0.4, -0.2) is 35.6 Å². The molecule has 1 aromatic heterocycles. The molecule has 1 aliphatic heterocycles. The molecule has 1 aliphatic rings. The maximum absolute atomic E-state index is 12.4. The van der Waals surface area contributed by atoms with Crippen molar-refractivity contribution in [3.8, 4) is 11.5 Å². The number of amides is 1. The third-order valence-electron chi connectivity index (χ3n) is 3.86. The molecule has 23 heavy (non-hydrogen) atoms. The van der Waals surface area contributed by atoms with Crippen LogP contribution in [0.25, 0.3) is 0 Å². The SMILES string of the molecule is COc1ccc2c(c1)OC[C@H](NC(=O)c1cnc(C)nc1C)C2. The van der Waals surface area contributed by atoms with E-state index in [1.807, 2.05) is 25.1 Å². The van der Waals surface area contributed by atoms with Gasteiger partial charge >= 0.3 is 0 Å². The van der Waals surface area contributed by atoms with Gasteiger partial charge in [0.25, 0.3) is 5.91 Å². The van der Waals surface area contributed by atoms with Crippen LogP contribution in [-0.2, 0) is 6.42 Å². The van der Waals surface area contributed by atoms with Crippen LogP contribution in [0.15, 0.2) is 24.4 Å². The van der Waals surface area contributed by atoms with Crippen LogP contribution in [0.1, 0.15) is 27.4 Å². The summed E-state index contributed by atoms with van der Waals surface area (Å²) in [6.45, 7) is 4.04. The summed E-state index contributed by atoms with van der Waals surface area (Å²) in [5.41, 5.74) is 2.23. The van der Waals surface area contributed by atoms with E-state index in [0.29, 0.717) is 23.7 Å². The topological polar surface area (TPSA) is 73.3 Å². The normalized spacial score (nSPS) is 16.2. The summed E-state index contributed by atoms with van der Waals surface area (Å²) in [5, 5.41) is 2.99. The molecule has 2 aromatic rings. The van der Waals surface area contributed by atoms with Gasteiger partial charge in [-0.05, 0) is 31.9 Å². The molecule has 1 amide bonds. The van der Waals surface area contributed by atoms with Gasteiger partial charge in [-0.3, -0.25) is 4.79 Å². The number of aryl methyl sites for hydroxylation is 2. The van der Waals surface area contributed by atoms with E-state index < -0.39 is 0 Å². The van der Waals surface area contributed by atoms with Crippen molar-refractivity contribution < 1.29 is 14.3 Å². The number of benzene rings is 1. The lowest BCUT2D eigenvalue weighted by Crippen LogP contribution is -2.43. The molecule has 1 N–H and O–H groups in total. The second-order valence-corrected chi connectivity index (χ2v) is 5.58. The Morgan fingerprint density at radius 1 is 1.39 bits per heavy atom. The average molecular weight is 313 g/mol. The van der Waals surface area contributed by atoms with Gasteiger partial charge in [0, 0.05) is 12.3 Å². The fourth-order valence-electron chi connectivity index (χ4n) is 2.64. The van der Waals surface area contributed by atoms with Crippen molar-refractivity contribution in [3.05, 3.63) is 47.0 Å². The van der Waals surface area contributed by atoms with E-state index in [-0.39, 0.29) is 11.9 Å². The zero-order valence-corrected chi connectivity index (χ0v) is 13.4. The molecule has 120 valence electrons. The standard InChI is InChI=1S/C17H19N3O3/c1-10-15(8-18-11(2)19-10)17(21)20-13-6-12-4-5-14(22-3)7-16(12)23-9-13/h4-5,7-8,13H,6,9H2,1-3H3,(H,20,21)/t13-/m1/s1. The average Bonchev–Trinajstić information content (AvgIpc) is 2.54. The lowest BCUT2D eigenvalue weighted by atomic mass is 10.0. The Morgan fingerprint density at radius 3 is 2.96 bits per heavy atom. The summed E-state index contributed by atoms with van der Waals surface area (Å²) >= 11 is 0. The Labute approximate surface area is 134 Å². The summed E-state index contributed by atoms with van der Waals surface area (Å²) in [6.07, 6.45) is 2.28. The van der Waals surface area contributed by atoms with Gasteiger partial charge in [-0.15, -0.1) is 0 Å². The van der Waals surface area contributed by atoms with Crippen molar-refractivity contribution >= 4 is 5.91 Å². The van der Waals surface area contributed by atoms with Gasteiger partial charge in [0.15, 0.2) is 0 Å². The van der Waals surface area contributed by atoms with E-state index >= 15 is 0 Å². The maximum atomic E-state index is 12.4. The molecule has 0 fully saturated rings. The lowest BCUT2D eigenvalue weighted by molar-refractivity contribution is 0.0913. The number of aromatic nitrogens is 2. The fraction of sp³-hybridized carbons (Fsp3) is 0.353. The van der Waals surface area contributed by atoms with Gasteiger partial charge in [-0.2, -0.15) is 0 Å². The Morgan fingerprint density at radius 2 is 2.22 bits per heavy atom. The second kappa shape index (κ2) is 6.24. The fourth-order valence-corrected chi connectivity index (χ4v) is 2.64. The van der Waals surface area contributed by atoms with Crippen molar-refractivity contribution in [2.75, 3.05) is 13.7 Å². The molecular weight excluding hydrogens is 294 g/mol.